The topological polar surface area (TPSA) is 54.6 Å². The zero-order valence-corrected chi connectivity index (χ0v) is 23.9. The minimum atomic E-state index is 0.0226. The number of H-pyrrole nitrogens is 1. The maximum absolute atomic E-state index is 13.9. The van der Waals surface area contributed by atoms with Gasteiger partial charge in [0, 0.05) is 35.8 Å². The molecule has 1 amide bonds. The molecule has 210 valence electrons. The first-order chi connectivity index (χ1) is 20.1. The van der Waals surface area contributed by atoms with Crippen LogP contribution in [0.25, 0.3) is 10.9 Å². The lowest BCUT2D eigenvalue weighted by Gasteiger charge is -2.24. The third-order valence-electron chi connectivity index (χ3n) is 7.47. The Kier molecular flexibility index (Phi) is 9.37. The fourth-order valence-corrected chi connectivity index (χ4v) is 5.11. The number of para-hydroxylation sites is 1. The number of nitrogens with zero attached hydrogens (tertiary/aromatic N) is 1. The fraction of sp³-hybridized carbons (Fsp3) is 0.250. The quantitative estimate of drug-likeness (QED) is 0.163. The van der Waals surface area contributed by atoms with Gasteiger partial charge in [-0.15, -0.1) is 0 Å². The lowest BCUT2D eigenvalue weighted by molar-refractivity contribution is 0.0745. The summed E-state index contributed by atoms with van der Waals surface area (Å²) in [5.41, 5.74) is 6.36. The number of methoxy groups -OCH3 is 1. The molecule has 1 N–H and O–H groups in total. The molecule has 5 aromatic rings. The number of unbranched alkanes of at least 4 members (excludes halogenated alkanes) is 1. The highest BCUT2D eigenvalue weighted by Gasteiger charge is 2.18. The van der Waals surface area contributed by atoms with E-state index in [4.69, 9.17) is 9.47 Å². The molecule has 5 rings (SSSR count). The van der Waals surface area contributed by atoms with Crippen molar-refractivity contribution in [2.45, 2.75) is 45.8 Å². The Balaban J connectivity index is 1.37. The molecule has 0 fully saturated rings. The van der Waals surface area contributed by atoms with E-state index in [2.05, 4.69) is 48.4 Å². The first-order valence-corrected chi connectivity index (χ1v) is 14.4. The second-order valence-corrected chi connectivity index (χ2v) is 10.4. The van der Waals surface area contributed by atoms with Crippen LogP contribution in [0.3, 0.4) is 0 Å². The van der Waals surface area contributed by atoms with Crippen molar-refractivity contribution in [3.8, 4) is 11.5 Å². The van der Waals surface area contributed by atoms with Crippen molar-refractivity contribution < 1.29 is 14.3 Å². The molecule has 1 heterocycles. The molecule has 0 aliphatic heterocycles. The predicted molar refractivity (Wildman–Crippen MR) is 166 cm³/mol. The molecule has 0 bridgehead atoms. The number of benzene rings is 4. The highest BCUT2D eigenvalue weighted by atomic mass is 16.5. The summed E-state index contributed by atoms with van der Waals surface area (Å²) in [7, 11) is 1.64. The van der Waals surface area contributed by atoms with Gasteiger partial charge in [-0.25, -0.2) is 0 Å². The van der Waals surface area contributed by atoms with E-state index in [0.717, 1.165) is 42.3 Å². The zero-order valence-electron chi connectivity index (χ0n) is 23.9. The molecule has 0 radical (unpaired) electrons. The number of ether oxygens (including phenoxy) is 2. The Morgan fingerprint density at radius 3 is 2.34 bits per heavy atom. The van der Waals surface area contributed by atoms with Crippen molar-refractivity contribution in [2.24, 2.45) is 0 Å². The molecule has 0 unspecified atom stereocenters. The van der Waals surface area contributed by atoms with Gasteiger partial charge in [0.15, 0.2) is 11.5 Å². The minimum absolute atomic E-state index is 0.0226. The Labute approximate surface area is 242 Å². The summed E-state index contributed by atoms with van der Waals surface area (Å²) in [6, 6.07) is 32.4. The third-order valence-corrected chi connectivity index (χ3v) is 7.47. The molecule has 0 saturated heterocycles. The number of nitrogens with one attached hydrogen (secondary N) is 1. The Morgan fingerprint density at radius 1 is 0.805 bits per heavy atom. The van der Waals surface area contributed by atoms with Gasteiger partial charge in [-0.05, 0) is 71.8 Å². The number of rotatable bonds is 13. The van der Waals surface area contributed by atoms with Gasteiger partial charge in [-0.1, -0.05) is 80.1 Å². The van der Waals surface area contributed by atoms with Crippen molar-refractivity contribution in [1.29, 1.82) is 0 Å². The van der Waals surface area contributed by atoms with Crippen LogP contribution >= 0.6 is 0 Å². The van der Waals surface area contributed by atoms with Crippen molar-refractivity contribution in [1.82, 2.24) is 9.88 Å². The number of carbonyl (C=O) groups excluding carboxylic acids is 1. The van der Waals surface area contributed by atoms with E-state index in [1.165, 1.54) is 16.5 Å². The van der Waals surface area contributed by atoms with Gasteiger partial charge in [0.2, 0.25) is 0 Å². The number of hydrogen-bond acceptors (Lipinski definition) is 3. The molecule has 41 heavy (non-hydrogen) atoms. The van der Waals surface area contributed by atoms with Crippen LogP contribution in [0.15, 0.2) is 103 Å². The molecule has 0 atom stereocenters. The van der Waals surface area contributed by atoms with Gasteiger partial charge in [-0.3, -0.25) is 4.79 Å². The van der Waals surface area contributed by atoms with Crippen molar-refractivity contribution in [3.63, 3.8) is 0 Å². The van der Waals surface area contributed by atoms with E-state index in [-0.39, 0.29) is 5.91 Å². The highest BCUT2D eigenvalue weighted by Crippen LogP contribution is 2.30. The average molecular weight is 547 g/mol. The number of aromatic amines is 1. The third kappa shape index (κ3) is 7.17. The van der Waals surface area contributed by atoms with Crippen LogP contribution in [0.1, 0.15) is 52.4 Å². The summed E-state index contributed by atoms with van der Waals surface area (Å²) in [5.74, 6) is 1.36. The summed E-state index contributed by atoms with van der Waals surface area (Å²) in [4.78, 5) is 19.2. The number of carbonyl (C=O) groups is 1. The number of amides is 1. The fourth-order valence-electron chi connectivity index (χ4n) is 5.11. The zero-order chi connectivity index (χ0) is 28.4. The maximum Gasteiger partial charge on any atom is 0.254 e. The van der Waals surface area contributed by atoms with Crippen LogP contribution in [0.5, 0.6) is 11.5 Å². The van der Waals surface area contributed by atoms with Crippen molar-refractivity contribution in [2.75, 3.05) is 13.7 Å². The molecule has 0 aliphatic rings. The van der Waals surface area contributed by atoms with Gasteiger partial charge in [-0.2, -0.15) is 0 Å². The molecular weight excluding hydrogens is 508 g/mol. The van der Waals surface area contributed by atoms with E-state index < -0.39 is 0 Å². The number of hydrogen-bond donors (Lipinski definition) is 1. The van der Waals surface area contributed by atoms with Crippen molar-refractivity contribution in [3.05, 3.63) is 131 Å². The van der Waals surface area contributed by atoms with E-state index in [1.807, 2.05) is 71.6 Å². The molecule has 0 aliphatic carbocycles. The SMILES string of the molecule is CCCCc1ccc(C(=O)N(CCc2c[nH]c3ccccc23)Cc2ccc(OC)c(OCc3ccccc3)c2)cc1. The van der Waals surface area contributed by atoms with E-state index >= 15 is 0 Å². The minimum Gasteiger partial charge on any atom is -0.493 e. The summed E-state index contributed by atoms with van der Waals surface area (Å²) in [6.07, 6.45) is 6.14. The lowest BCUT2D eigenvalue weighted by atomic mass is 10.0. The standard InChI is InChI=1S/C36H38N2O3/c1-3-4-10-27-15-18-30(19-16-27)36(39)38(22-21-31-24-37-33-14-9-8-13-32(31)33)25-29-17-20-34(40-2)35(23-29)41-26-28-11-6-5-7-12-28/h5-9,11-20,23-24,37H,3-4,10,21-22,25-26H2,1-2H3. The molecule has 4 aromatic carbocycles. The van der Waals surface area contributed by atoms with Crippen LogP contribution < -0.4 is 9.47 Å². The van der Waals surface area contributed by atoms with Crippen LogP contribution in [0.2, 0.25) is 0 Å². The maximum atomic E-state index is 13.9. The molecule has 5 heteroatoms. The molecule has 5 nitrogen and oxygen atoms in total. The largest absolute Gasteiger partial charge is 0.493 e. The Bertz CT molecular complexity index is 1560. The van der Waals surface area contributed by atoms with Gasteiger partial charge in [0.1, 0.15) is 6.61 Å². The van der Waals surface area contributed by atoms with E-state index in [1.54, 1.807) is 7.11 Å². The van der Waals surface area contributed by atoms with E-state index in [0.29, 0.717) is 36.8 Å². The molecular formula is C36H38N2O3. The normalized spacial score (nSPS) is 11.0. The highest BCUT2D eigenvalue weighted by molar-refractivity contribution is 5.94. The average Bonchev–Trinajstić information content (AvgIpc) is 3.44. The van der Waals surface area contributed by atoms with Gasteiger partial charge >= 0.3 is 0 Å². The summed E-state index contributed by atoms with van der Waals surface area (Å²) in [6.45, 7) is 3.68. The van der Waals surface area contributed by atoms with Crippen molar-refractivity contribution >= 4 is 16.8 Å². The number of fused-ring (bicyclic) bond motifs is 1. The Hall–Kier alpha value is -4.51. The number of aryl methyl sites for hydroxylation is 1. The number of aromatic nitrogens is 1. The van der Waals surface area contributed by atoms with Gasteiger partial charge < -0.3 is 19.4 Å². The Morgan fingerprint density at radius 2 is 1.56 bits per heavy atom. The first-order valence-electron chi connectivity index (χ1n) is 14.4. The first kappa shape index (κ1) is 28.0. The second-order valence-electron chi connectivity index (χ2n) is 10.4. The smallest absolute Gasteiger partial charge is 0.254 e. The molecule has 0 saturated carbocycles. The van der Waals surface area contributed by atoms with E-state index in [9.17, 15) is 4.79 Å². The summed E-state index contributed by atoms with van der Waals surface area (Å²) >= 11 is 0. The lowest BCUT2D eigenvalue weighted by Crippen LogP contribution is -2.32. The van der Waals surface area contributed by atoms with Crippen LogP contribution in [0.4, 0.5) is 0 Å². The monoisotopic (exact) mass is 546 g/mol. The van der Waals surface area contributed by atoms with Crippen LogP contribution in [-0.4, -0.2) is 29.4 Å². The molecule has 0 spiro atoms. The van der Waals surface area contributed by atoms with Gasteiger partial charge in [0.25, 0.3) is 5.91 Å². The molecule has 1 aromatic heterocycles. The summed E-state index contributed by atoms with van der Waals surface area (Å²) < 4.78 is 11.7. The summed E-state index contributed by atoms with van der Waals surface area (Å²) in [5, 5.41) is 1.20. The van der Waals surface area contributed by atoms with Crippen LogP contribution in [-0.2, 0) is 26.0 Å². The second kappa shape index (κ2) is 13.7. The predicted octanol–water partition coefficient (Wildman–Crippen LogP) is 7.98. The van der Waals surface area contributed by atoms with Crippen LogP contribution in [0, 0.1) is 0 Å². The van der Waals surface area contributed by atoms with Gasteiger partial charge in [0.05, 0.1) is 7.11 Å².